The molecule has 0 saturated carbocycles. The Bertz CT molecular complexity index is 1030. The Morgan fingerprint density at radius 1 is 1.30 bits per heavy atom. The van der Waals surface area contributed by atoms with Gasteiger partial charge in [-0.25, -0.2) is 4.98 Å². The maximum atomic E-state index is 12.6. The van der Waals surface area contributed by atoms with Crippen LogP contribution >= 0.6 is 11.3 Å². The van der Waals surface area contributed by atoms with E-state index in [1.54, 1.807) is 40.5 Å². The molecule has 0 saturated heterocycles. The van der Waals surface area contributed by atoms with Crippen LogP contribution in [0.15, 0.2) is 47.8 Å². The molecular formula is C21H17N3O2S. The highest BCUT2D eigenvalue weighted by Crippen LogP contribution is 2.32. The van der Waals surface area contributed by atoms with Crippen molar-refractivity contribution >= 4 is 22.9 Å². The molecule has 0 radical (unpaired) electrons. The minimum atomic E-state index is -0.0737. The first-order valence-electron chi connectivity index (χ1n) is 8.63. The van der Waals surface area contributed by atoms with Crippen LogP contribution < -0.4 is 9.64 Å². The van der Waals surface area contributed by atoms with Crippen LogP contribution in [-0.2, 0) is 11.2 Å². The number of aryl methyl sites for hydroxylation is 1. The number of hydrogen-bond acceptors (Lipinski definition) is 5. The summed E-state index contributed by atoms with van der Waals surface area (Å²) in [6.45, 7) is 2.62. The van der Waals surface area contributed by atoms with E-state index in [0.29, 0.717) is 17.9 Å². The predicted octanol–water partition coefficient (Wildman–Crippen LogP) is 3.96. The van der Waals surface area contributed by atoms with E-state index in [-0.39, 0.29) is 12.5 Å². The van der Waals surface area contributed by atoms with Crippen molar-refractivity contribution in [1.29, 1.82) is 5.26 Å². The van der Waals surface area contributed by atoms with Crippen molar-refractivity contribution in [2.75, 3.05) is 18.1 Å². The van der Waals surface area contributed by atoms with Crippen LogP contribution in [0.5, 0.6) is 5.75 Å². The summed E-state index contributed by atoms with van der Waals surface area (Å²) in [6, 6.07) is 14.9. The van der Waals surface area contributed by atoms with Gasteiger partial charge in [-0.05, 0) is 55.3 Å². The molecule has 1 aromatic heterocycles. The van der Waals surface area contributed by atoms with E-state index in [9.17, 15) is 4.79 Å². The normalized spacial score (nSPS) is 12.5. The maximum absolute atomic E-state index is 12.6. The molecule has 0 N–H and O–H groups in total. The third kappa shape index (κ3) is 3.55. The second kappa shape index (κ2) is 7.22. The molecule has 2 aromatic carbocycles. The van der Waals surface area contributed by atoms with Gasteiger partial charge < -0.3 is 9.64 Å². The number of nitrogens with zero attached hydrogens (tertiary/aromatic N) is 3. The molecule has 0 fully saturated rings. The van der Waals surface area contributed by atoms with Crippen molar-refractivity contribution < 1.29 is 9.53 Å². The van der Waals surface area contributed by atoms with Crippen LogP contribution in [0.25, 0.3) is 11.3 Å². The number of amides is 1. The number of carbonyl (C=O) groups excluding carboxylic acids is 1. The molecule has 0 bridgehead atoms. The Balaban J connectivity index is 1.45. The molecule has 0 atom stereocenters. The van der Waals surface area contributed by atoms with Gasteiger partial charge in [-0.3, -0.25) is 4.79 Å². The number of anilines is 1. The Kier molecular flexibility index (Phi) is 4.61. The molecule has 1 aliphatic rings. The summed E-state index contributed by atoms with van der Waals surface area (Å²) in [5.74, 6) is 0.506. The minimum Gasteiger partial charge on any atom is -0.484 e. The van der Waals surface area contributed by atoms with Gasteiger partial charge in [-0.2, -0.15) is 5.26 Å². The van der Waals surface area contributed by atoms with E-state index in [1.165, 1.54) is 0 Å². The van der Waals surface area contributed by atoms with Crippen LogP contribution in [0.1, 0.15) is 16.1 Å². The highest BCUT2D eigenvalue weighted by Gasteiger charge is 2.25. The first-order valence-corrected chi connectivity index (χ1v) is 9.51. The number of rotatable bonds is 4. The van der Waals surface area contributed by atoms with Gasteiger partial charge in [0.05, 0.1) is 22.3 Å². The summed E-state index contributed by atoms with van der Waals surface area (Å²) >= 11 is 1.63. The largest absolute Gasteiger partial charge is 0.484 e. The lowest BCUT2D eigenvalue weighted by atomic mass is 10.1. The Labute approximate surface area is 161 Å². The lowest BCUT2D eigenvalue weighted by Crippen LogP contribution is -2.33. The van der Waals surface area contributed by atoms with Gasteiger partial charge in [0, 0.05) is 23.2 Å². The smallest absolute Gasteiger partial charge is 0.264 e. The monoisotopic (exact) mass is 375 g/mol. The van der Waals surface area contributed by atoms with E-state index >= 15 is 0 Å². The number of carbonyl (C=O) groups is 1. The molecule has 5 nitrogen and oxygen atoms in total. The molecule has 1 amide bonds. The fraction of sp³-hybridized carbons (Fsp3) is 0.190. The molecule has 0 spiro atoms. The fourth-order valence-corrected chi connectivity index (χ4v) is 3.79. The third-order valence-corrected chi connectivity index (χ3v) is 5.31. The van der Waals surface area contributed by atoms with E-state index in [0.717, 1.165) is 33.9 Å². The van der Waals surface area contributed by atoms with E-state index < -0.39 is 0 Å². The second-order valence-corrected chi connectivity index (χ2v) is 7.38. The van der Waals surface area contributed by atoms with Crippen LogP contribution in [0.3, 0.4) is 0 Å². The number of ether oxygens (including phenoxy) is 1. The van der Waals surface area contributed by atoms with Crippen LogP contribution in [-0.4, -0.2) is 24.0 Å². The van der Waals surface area contributed by atoms with Crippen LogP contribution in [0.4, 0.5) is 5.69 Å². The molecule has 2 heterocycles. The average Bonchev–Trinajstić information content (AvgIpc) is 3.32. The Morgan fingerprint density at radius 2 is 2.11 bits per heavy atom. The second-order valence-electron chi connectivity index (χ2n) is 6.32. The Hall–Kier alpha value is -3.17. The maximum Gasteiger partial charge on any atom is 0.264 e. The summed E-state index contributed by atoms with van der Waals surface area (Å²) in [5, 5.41) is 11.9. The molecule has 0 unspecified atom stereocenters. The van der Waals surface area contributed by atoms with Gasteiger partial charge >= 0.3 is 0 Å². The van der Waals surface area contributed by atoms with E-state index in [4.69, 9.17) is 10.00 Å². The zero-order valence-electron chi connectivity index (χ0n) is 14.8. The van der Waals surface area contributed by atoms with Gasteiger partial charge in [0.2, 0.25) is 0 Å². The van der Waals surface area contributed by atoms with Crippen LogP contribution in [0.2, 0.25) is 0 Å². The molecule has 1 aliphatic heterocycles. The summed E-state index contributed by atoms with van der Waals surface area (Å²) in [6.07, 6.45) is 0.828. The predicted molar refractivity (Wildman–Crippen MR) is 105 cm³/mol. The molecule has 27 heavy (non-hydrogen) atoms. The zero-order chi connectivity index (χ0) is 18.8. The molecule has 0 aliphatic carbocycles. The third-order valence-electron chi connectivity index (χ3n) is 4.54. The topological polar surface area (TPSA) is 66.2 Å². The molecular weight excluding hydrogens is 358 g/mol. The number of aromatic nitrogens is 1. The lowest BCUT2D eigenvalue weighted by Gasteiger charge is -2.18. The summed E-state index contributed by atoms with van der Waals surface area (Å²) in [4.78, 5) is 18.9. The lowest BCUT2D eigenvalue weighted by molar-refractivity contribution is -0.120. The van der Waals surface area contributed by atoms with Crippen molar-refractivity contribution in [3.8, 4) is 23.1 Å². The number of hydrogen-bond donors (Lipinski definition) is 0. The minimum absolute atomic E-state index is 0.0294. The molecule has 4 rings (SSSR count). The Morgan fingerprint density at radius 3 is 2.81 bits per heavy atom. The highest BCUT2D eigenvalue weighted by atomic mass is 32.1. The molecule has 3 aromatic rings. The molecule has 134 valence electrons. The number of nitriles is 1. The summed E-state index contributed by atoms with van der Waals surface area (Å²) in [7, 11) is 0. The SMILES string of the molecule is Cc1nc(-c2ccc3c(c2)CCN3C(=O)COc2ccc(C#N)cc2)cs1. The van der Waals surface area contributed by atoms with Gasteiger partial charge in [-0.15, -0.1) is 11.3 Å². The van der Waals surface area contributed by atoms with E-state index in [2.05, 4.69) is 22.5 Å². The number of benzene rings is 2. The number of thiazole rings is 1. The van der Waals surface area contributed by atoms with Crippen molar-refractivity contribution in [2.24, 2.45) is 0 Å². The van der Waals surface area contributed by atoms with Gasteiger partial charge in [0.25, 0.3) is 5.91 Å². The van der Waals surface area contributed by atoms with Gasteiger partial charge in [0.15, 0.2) is 6.61 Å². The molecule has 6 heteroatoms. The zero-order valence-corrected chi connectivity index (χ0v) is 15.6. The summed E-state index contributed by atoms with van der Waals surface area (Å²) in [5.41, 5.74) is 4.73. The van der Waals surface area contributed by atoms with Crippen LogP contribution in [0, 0.1) is 18.3 Å². The standard InChI is InChI=1S/C21H17N3O2S/c1-14-23-19(13-27-14)16-4-7-20-17(10-16)8-9-24(20)21(25)12-26-18-5-2-15(11-22)3-6-18/h2-7,10,13H,8-9,12H2,1H3. The first kappa shape index (κ1) is 17.3. The number of fused-ring (bicyclic) bond motifs is 1. The average molecular weight is 375 g/mol. The fourth-order valence-electron chi connectivity index (χ4n) is 3.16. The summed E-state index contributed by atoms with van der Waals surface area (Å²) < 4.78 is 5.58. The van der Waals surface area contributed by atoms with Gasteiger partial charge in [-0.1, -0.05) is 6.07 Å². The highest BCUT2D eigenvalue weighted by molar-refractivity contribution is 7.09. The van der Waals surface area contributed by atoms with Crippen molar-refractivity contribution in [2.45, 2.75) is 13.3 Å². The van der Waals surface area contributed by atoms with Crippen molar-refractivity contribution in [1.82, 2.24) is 4.98 Å². The van der Waals surface area contributed by atoms with E-state index in [1.807, 2.05) is 19.1 Å². The van der Waals surface area contributed by atoms with Crippen molar-refractivity contribution in [3.05, 3.63) is 64.0 Å². The quantitative estimate of drug-likeness (QED) is 0.692. The van der Waals surface area contributed by atoms with Gasteiger partial charge in [0.1, 0.15) is 5.75 Å². The first-order chi connectivity index (χ1) is 13.1. The van der Waals surface area contributed by atoms with Crippen molar-refractivity contribution in [3.63, 3.8) is 0 Å².